The van der Waals surface area contributed by atoms with Crippen LogP contribution in [0.1, 0.15) is 12.5 Å². The average molecular weight is 454 g/mol. The quantitative estimate of drug-likeness (QED) is 0.449. The normalized spacial score (nSPS) is 12.1. The minimum atomic E-state index is -5.50. The Balaban J connectivity index is 0.00000338. The number of hydrogen-bond acceptors (Lipinski definition) is 6. The summed E-state index contributed by atoms with van der Waals surface area (Å²) in [5.41, 5.74) is -0.436. The Morgan fingerprint density at radius 3 is 1.44 bits per heavy atom. The molecule has 0 amide bonds. The van der Waals surface area contributed by atoms with Gasteiger partial charge in [-0.25, -0.2) is 0 Å². The van der Waals surface area contributed by atoms with Crippen LogP contribution in [0.3, 0.4) is 0 Å². The molecular formula is C13H12Na2O9S3. The van der Waals surface area contributed by atoms with Gasteiger partial charge in [0.15, 0.2) is 0 Å². The van der Waals surface area contributed by atoms with Crippen molar-refractivity contribution in [2.24, 2.45) is 0 Å². The number of allylic oxidation sites excluding steroid dienone is 1. The molecule has 0 saturated carbocycles. The largest absolute Gasteiger partial charge is 0.297 e. The van der Waals surface area contributed by atoms with Gasteiger partial charge in [0.2, 0.25) is 0 Å². The van der Waals surface area contributed by atoms with Crippen LogP contribution in [0.4, 0.5) is 0 Å². The molecule has 2 radical (unpaired) electrons. The molecular weight excluding hydrogens is 442 g/mol. The van der Waals surface area contributed by atoms with Crippen LogP contribution in [-0.4, -0.2) is 98.0 Å². The van der Waals surface area contributed by atoms with Crippen molar-refractivity contribution in [1.29, 1.82) is 0 Å². The molecule has 9 nitrogen and oxygen atoms in total. The van der Waals surface area contributed by atoms with Crippen LogP contribution in [0.15, 0.2) is 45.5 Å². The summed E-state index contributed by atoms with van der Waals surface area (Å²) in [5.74, 6) is 0. The Morgan fingerprint density at radius 1 is 0.741 bits per heavy atom. The van der Waals surface area contributed by atoms with Crippen LogP contribution < -0.4 is 0 Å². The second-order valence-electron chi connectivity index (χ2n) is 5.11. The zero-order valence-electron chi connectivity index (χ0n) is 14.5. The molecule has 0 bridgehead atoms. The van der Waals surface area contributed by atoms with Gasteiger partial charge in [0.25, 0.3) is 30.4 Å². The van der Waals surface area contributed by atoms with Gasteiger partial charge in [-0.1, -0.05) is 30.8 Å². The van der Waals surface area contributed by atoms with Gasteiger partial charge in [-0.05, 0) is 17.9 Å². The van der Waals surface area contributed by atoms with Gasteiger partial charge < -0.3 is 0 Å². The molecule has 0 aromatic heterocycles. The Bertz CT molecular complexity index is 1230. The third-order valence-corrected chi connectivity index (χ3v) is 6.33. The van der Waals surface area contributed by atoms with Crippen molar-refractivity contribution >= 4 is 106 Å². The number of hydrogen-bond donors (Lipinski definition) is 3. The first-order valence-corrected chi connectivity index (χ1v) is 10.7. The van der Waals surface area contributed by atoms with Crippen molar-refractivity contribution < 1.29 is 38.9 Å². The summed E-state index contributed by atoms with van der Waals surface area (Å²) in [6, 6.07) is 5.05. The molecule has 0 atom stereocenters. The van der Waals surface area contributed by atoms with Gasteiger partial charge >= 0.3 is 0 Å². The molecule has 2 aromatic rings. The van der Waals surface area contributed by atoms with Gasteiger partial charge in [0.1, 0.15) is 14.7 Å². The first kappa shape index (κ1) is 27.2. The summed E-state index contributed by atoms with van der Waals surface area (Å²) in [6.45, 7) is 4.79. The van der Waals surface area contributed by atoms with Gasteiger partial charge in [-0.3, -0.25) is 13.7 Å². The summed E-state index contributed by atoms with van der Waals surface area (Å²) in [5, 5.41) is -0.481. The number of benzene rings is 2. The average Bonchev–Trinajstić information content (AvgIpc) is 2.41. The molecule has 27 heavy (non-hydrogen) atoms. The Morgan fingerprint density at radius 2 is 1.11 bits per heavy atom. The Hall–Kier alpha value is 0.170. The van der Waals surface area contributed by atoms with Gasteiger partial charge in [0, 0.05) is 70.1 Å². The molecule has 2 aromatic carbocycles. The van der Waals surface area contributed by atoms with Crippen LogP contribution in [0.2, 0.25) is 0 Å². The van der Waals surface area contributed by atoms with Gasteiger partial charge in [-0.15, -0.1) is 0 Å². The van der Waals surface area contributed by atoms with Crippen molar-refractivity contribution in [2.45, 2.75) is 21.6 Å². The minimum Gasteiger partial charge on any atom is -0.282 e. The predicted octanol–water partition coefficient (Wildman–Crippen LogP) is 0.851. The van der Waals surface area contributed by atoms with Crippen molar-refractivity contribution in [3.63, 3.8) is 0 Å². The van der Waals surface area contributed by atoms with E-state index in [0.717, 1.165) is 6.07 Å². The predicted molar refractivity (Wildman–Crippen MR) is 99.6 cm³/mol. The zero-order chi connectivity index (χ0) is 19.4. The van der Waals surface area contributed by atoms with E-state index >= 15 is 0 Å². The first-order valence-electron chi connectivity index (χ1n) is 6.34. The maximum atomic E-state index is 11.8. The van der Waals surface area contributed by atoms with E-state index in [2.05, 4.69) is 6.58 Å². The number of rotatable bonds is 4. The van der Waals surface area contributed by atoms with E-state index in [1.807, 2.05) is 0 Å². The second-order valence-corrected chi connectivity index (χ2v) is 9.19. The van der Waals surface area contributed by atoms with Crippen LogP contribution >= 0.6 is 0 Å². The van der Waals surface area contributed by atoms with Crippen LogP contribution in [0.5, 0.6) is 0 Å². The zero-order valence-corrected chi connectivity index (χ0v) is 21.0. The molecule has 138 valence electrons. The monoisotopic (exact) mass is 454 g/mol. The first-order chi connectivity index (χ1) is 11.2. The fourth-order valence-electron chi connectivity index (χ4n) is 2.52. The molecule has 0 saturated heterocycles. The smallest absolute Gasteiger partial charge is 0.282 e. The maximum absolute atomic E-state index is 11.8. The molecule has 3 N–H and O–H groups in total. The summed E-state index contributed by atoms with van der Waals surface area (Å²) in [7, 11) is -16.2. The summed E-state index contributed by atoms with van der Waals surface area (Å²) < 4.78 is 99.0. The number of fused-ring (bicyclic) bond motifs is 1. The fraction of sp³-hybridized carbons (Fsp3) is 0.0769. The fourth-order valence-corrected chi connectivity index (χ4v) is 6.20. The molecule has 0 spiro atoms. The molecule has 0 heterocycles. The summed E-state index contributed by atoms with van der Waals surface area (Å²) in [4.78, 5) is -4.38. The SMILES string of the molecule is C=C(C)c1c(S(=O)(=O)O)c(S(=O)(=O)O)c(S(=O)(=O)O)c2ccccc12.[Na].[Na]. The Labute approximate surface area is 200 Å². The van der Waals surface area contributed by atoms with E-state index in [9.17, 15) is 38.9 Å². The van der Waals surface area contributed by atoms with E-state index in [1.54, 1.807) is 0 Å². The molecule has 0 fully saturated rings. The van der Waals surface area contributed by atoms with Crippen molar-refractivity contribution in [1.82, 2.24) is 0 Å². The third-order valence-electron chi connectivity index (χ3n) is 3.28. The van der Waals surface area contributed by atoms with Gasteiger partial charge in [0.05, 0.1) is 0 Å². The molecule has 0 aliphatic heterocycles. The second kappa shape index (κ2) is 8.90. The van der Waals surface area contributed by atoms with Crippen LogP contribution in [-0.2, 0) is 30.4 Å². The summed E-state index contributed by atoms with van der Waals surface area (Å²) >= 11 is 0. The van der Waals surface area contributed by atoms with E-state index in [4.69, 9.17) is 0 Å². The summed E-state index contributed by atoms with van der Waals surface area (Å²) in [6.07, 6.45) is 0. The van der Waals surface area contributed by atoms with Crippen molar-refractivity contribution in [3.05, 3.63) is 36.4 Å². The Kier molecular flexibility index (Phi) is 8.95. The van der Waals surface area contributed by atoms with Crippen LogP contribution in [0, 0.1) is 0 Å². The molecule has 0 aliphatic rings. The van der Waals surface area contributed by atoms with E-state index in [-0.39, 0.29) is 75.5 Å². The minimum absolute atomic E-state index is 0. The molecule has 0 unspecified atom stereocenters. The van der Waals surface area contributed by atoms with Crippen molar-refractivity contribution in [2.75, 3.05) is 0 Å². The van der Waals surface area contributed by atoms with E-state index in [0.29, 0.717) is 0 Å². The topological polar surface area (TPSA) is 163 Å². The van der Waals surface area contributed by atoms with E-state index < -0.39 is 50.6 Å². The third kappa shape index (κ3) is 5.41. The molecule has 2 rings (SSSR count). The van der Waals surface area contributed by atoms with Crippen molar-refractivity contribution in [3.8, 4) is 0 Å². The maximum Gasteiger partial charge on any atom is 0.297 e. The van der Waals surface area contributed by atoms with Gasteiger partial charge in [-0.2, -0.15) is 25.3 Å². The standard InChI is InChI=1S/C13H12O9S3.2Na/c1-7(2)10-8-5-3-4-6-9(8)11(23(14,15)16)13(25(20,21)22)12(10)24(17,18)19;;/h3-6H,1H2,2H3,(H,14,15,16)(H,17,18,19)(H,20,21,22);;. The van der Waals surface area contributed by atoms with Crippen LogP contribution in [0.25, 0.3) is 16.3 Å². The van der Waals surface area contributed by atoms with E-state index in [1.165, 1.54) is 25.1 Å². The molecule has 0 aliphatic carbocycles. The molecule has 14 heteroatoms.